The lowest BCUT2D eigenvalue weighted by Crippen LogP contribution is -1.98. The molecule has 4 heteroatoms. The van der Waals surface area contributed by atoms with Gasteiger partial charge in [-0.3, -0.25) is 0 Å². The van der Waals surface area contributed by atoms with Crippen molar-refractivity contribution in [3.63, 3.8) is 0 Å². The number of fused-ring (bicyclic) bond motifs is 1. The van der Waals surface area contributed by atoms with Crippen LogP contribution < -0.4 is 5.73 Å². The van der Waals surface area contributed by atoms with E-state index in [2.05, 4.69) is 0 Å². The quantitative estimate of drug-likeness (QED) is 0.693. The number of hydrogen-bond donors (Lipinski definition) is 2. The van der Waals surface area contributed by atoms with Crippen LogP contribution in [0.4, 0.5) is 10.1 Å². The summed E-state index contributed by atoms with van der Waals surface area (Å²) >= 11 is 0. The number of rotatable bonds is 2. The van der Waals surface area contributed by atoms with E-state index in [0.29, 0.717) is 22.4 Å². The first-order chi connectivity index (χ1) is 9.15. The fourth-order valence-electron chi connectivity index (χ4n) is 2.08. The summed E-state index contributed by atoms with van der Waals surface area (Å²) < 4.78 is 18.9. The van der Waals surface area contributed by atoms with Crippen LogP contribution in [-0.4, -0.2) is 5.11 Å². The molecular formula is C15H12FNO2. The van der Waals surface area contributed by atoms with E-state index in [9.17, 15) is 9.50 Å². The molecule has 0 fully saturated rings. The molecule has 3 rings (SSSR count). The van der Waals surface area contributed by atoms with Crippen molar-refractivity contribution in [2.75, 3.05) is 5.73 Å². The Morgan fingerprint density at radius 2 is 1.89 bits per heavy atom. The lowest BCUT2D eigenvalue weighted by Gasteiger charge is -2.08. The smallest absolute Gasteiger partial charge is 0.170 e. The highest BCUT2D eigenvalue weighted by molar-refractivity contribution is 5.78. The number of aliphatic hydroxyl groups excluding tert-OH is 1. The van der Waals surface area contributed by atoms with Gasteiger partial charge >= 0.3 is 0 Å². The van der Waals surface area contributed by atoms with Crippen LogP contribution in [0.2, 0.25) is 0 Å². The number of aliphatic hydroxyl groups is 1. The highest BCUT2D eigenvalue weighted by Crippen LogP contribution is 2.29. The maximum absolute atomic E-state index is 13.5. The van der Waals surface area contributed by atoms with Crippen molar-refractivity contribution in [1.82, 2.24) is 0 Å². The molecule has 1 atom stereocenters. The zero-order valence-electron chi connectivity index (χ0n) is 10.0. The molecule has 0 saturated carbocycles. The number of nitrogens with two attached hydrogens (primary N) is 1. The van der Waals surface area contributed by atoms with Gasteiger partial charge < -0.3 is 15.3 Å². The molecule has 0 aliphatic rings. The standard InChI is InChI=1S/C15H12FNO2/c16-12-6-2-4-10-8-13(19-15(10)12)14(18)9-3-1-5-11(17)7-9/h1-8,14,18H,17H2. The number of anilines is 1. The van der Waals surface area contributed by atoms with Crippen LogP contribution in [0.1, 0.15) is 17.4 Å². The van der Waals surface area contributed by atoms with Gasteiger partial charge in [0, 0.05) is 11.1 Å². The Kier molecular flexibility index (Phi) is 2.72. The number of furan rings is 1. The first kappa shape index (κ1) is 11.7. The van der Waals surface area contributed by atoms with Crippen LogP contribution >= 0.6 is 0 Å². The number of hydrogen-bond acceptors (Lipinski definition) is 3. The molecule has 0 amide bonds. The van der Waals surface area contributed by atoms with Crippen molar-refractivity contribution >= 4 is 16.7 Å². The average molecular weight is 257 g/mol. The zero-order valence-corrected chi connectivity index (χ0v) is 10.0. The molecular weight excluding hydrogens is 245 g/mol. The minimum Gasteiger partial charge on any atom is -0.455 e. The Hall–Kier alpha value is -2.33. The molecule has 0 radical (unpaired) electrons. The Morgan fingerprint density at radius 1 is 1.11 bits per heavy atom. The molecule has 0 spiro atoms. The molecule has 0 aliphatic heterocycles. The predicted molar refractivity (Wildman–Crippen MR) is 71.1 cm³/mol. The van der Waals surface area contributed by atoms with Gasteiger partial charge in [-0.25, -0.2) is 4.39 Å². The lowest BCUT2D eigenvalue weighted by atomic mass is 10.1. The Labute approximate surface area is 109 Å². The third-order valence-electron chi connectivity index (χ3n) is 3.01. The van der Waals surface area contributed by atoms with Gasteiger partial charge in [-0.2, -0.15) is 0 Å². The third kappa shape index (κ3) is 2.06. The molecule has 1 aromatic heterocycles. The highest BCUT2D eigenvalue weighted by Gasteiger charge is 2.17. The first-order valence-corrected chi connectivity index (χ1v) is 5.86. The number of benzene rings is 2. The summed E-state index contributed by atoms with van der Waals surface area (Å²) in [5.74, 6) is -0.144. The van der Waals surface area contributed by atoms with E-state index < -0.39 is 11.9 Å². The Balaban J connectivity index is 2.06. The minimum absolute atomic E-state index is 0.153. The van der Waals surface area contributed by atoms with Gasteiger partial charge in [0.1, 0.15) is 11.9 Å². The van der Waals surface area contributed by atoms with E-state index in [-0.39, 0.29) is 5.58 Å². The van der Waals surface area contributed by atoms with Gasteiger partial charge in [-0.05, 0) is 29.8 Å². The SMILES string of the molecule is Nc1cccc(C(O)c2cc3cccc(F)c3o2)c1. The fourth-order valence-corrected chi connectivity index (χ4v) is 2.08. The van der Waals surface area contributed by atoms with Crippen molar-refractivity contribution in [1.29, 1.82) is 0 Å². The van der Waals surface area contributed by atoms with Crippen LogP contribution in [0, 0.1) is 5.82 Å². The fraction of sp³-hybridized carbons (Fsp3) is 0.0667. The van der Waals surface area contributed by atoms with Gasteiger partial charge in [-0.1, -0.05) is 24.3 Å². The monoisotopic (exact) mass is 257 g/mol. The topological polar surface area (TPSA) is 59.4 Å². The normalized spacial score (nSPS) is 12.7. The van der Waals surface area contributed by atoms with E-state index in [1.165, 1.54) is 6.07 Å². The second-order valence-electron chi connectivity index (χ2n) is 4.38. The summed E-state index contributed by atoms with van der Waals surface area (Å²) in [5.41, 5.74) is 6.99. The van der Waals surface area contributed by atoms with Gasteiger partial charge in [-0.15, -0.1) is 0 Å². The molecule has 1 unspecified atom stereocenters. The second-order valence-corrected chi connectivity index (χ2v) is 4.38. The third-order valence-corrected chi connectivity index (χ3v) is 3.01. The summed E-state index contributed by atoms with van der Waals surface area (Å²) in [6.45, 7) is 0. The maximum Gasteiger partial charge on any atom is 0.170 e. The van der Waals surface area contributed by atoms with Crippen LogP contribution in [0.3, 0.4) is 0 Å². The van der Waals surface area contributed by atoms with Gasteiger partial charge in [0.2, 0.25) is 0 Å². The molecule has 19 heavy (non-hydrogen) atoms. The maximum atomic E-state index is 13.5. The van der Waals surface area contributed by atoms with Crippen molar-refractivity contribution in [3.8, 4) is 0 Å². The van der Waals surface area contributed by atoms with E-state index in [4.69, 9.17) is 10.2 Å². The molecule has 3 N–H and O–H groups in total. The van der Waals surface area contributed by atoms with Crippen LogP contribution in [0.15, 0.2) is 52.9 Å². The average Bonchev–Trinajstić information content (AvgIpc) is 2.83. The summed E-state index contributed by atoms with van der Waals surface area (Å²) in [6, 6.07) is 13.2. The second kappa shape index (κ2) is 4.40. The van der Waals surface area contributed by atoms with Gasteiger partial charge in [0.05, 0.1) is 0 Å². The predicted octanol–water partition coefficient (Wildman–Crippen LogP) is 3.24. The minimum atomic E-state index is -0.963. The van der Waals surface area contributed by atoms with E-state index in [1.54, 1.807) is 42.5 Å². The van der Waals surface area contributed by atoms with E-state index >= 15 is 0 Å². The molecule has 1 heterocycles. The van der Waals surface area contributed by atoms with Crippen LogP contribution in [0.25, 0.3) is 11.0 Å². The number of para-hydroxylation sites is 1. The van der Waals surface area contributed by atoms with E-state index in [1.807, 2.05) is 0 Å². The highest BCUT2D eigenvalue weighted by atomic mass is 19.1. The zero-order chi connectivity index (χ0) is 13.4. The lowest BCUT2D eigenvalue weighted by molar-refractivity contribution is 0.192. The molecule has 96 valence electrons. The van der Waals surface area contributed by atoms with Crippen molar-refractivity contribution < 1.29 is 13.9 Å². The van der Waals surface area contributed by atoms with Crippen molar-refractivity contribution in [2.24, 2.45) is 0 Å². The summed E-state index contributed by atoms with van der Waals surface area (Å²) in [4.78, 5) is 0. The molecule has 0 saturated heterocycles. The largest absolute Gasteiger partial charge is 0.455 e. The molecule has 3 nitrogen and oxygen atoms in total. The molecule has 0 aliphatic carbocycles. The number of nitrogen functional groups attached to an aromatic ring is 1. The van der Waals surface area contributed by atoms with E-state index in [0.717, 1.165) is 0 Å². The molecule has 2 aromatic carbocycles. The van der Waals surface area contributed by atoms with Crippen LogP contribution in [-0.2, 0) is 0 Å². The van der Waals surface area contributed by atoms with Gasteiger partial charge in [0.25, 0.3) is 0 Å². The van der Waals surface area contributed by atoms with Crippen molar-refractivity contribution in [3.05, 3.63) is 65.7 Å². The molecule has 3 aromatic rings. The summed E-state index contributed by atoms with van der Waals surface area (Å²) in [6.07, 6.45) is -0.963. The first-order valence-electron chi connectivity index (χ1n) is 5.86. The summed E-state index contributed by atoms with van der Waals surface area (Å²) in [5, 5.41) is 10.9. The van der Waals surface area contributed by atoms with Gasteiger partial charge in [0.15, 0.2) is 11.4 Å². The van der Waals surface area contributed by atoms with Crippen LogP contribution in [0.5, 0.6) is 0 Å². The Bertz CT molecular complexity index is 736. The molecule has 0 bridgehead atoms. The number of halogens is 1. The van der Waals surface area contributed by atoms with Crippen molar-refractivity contribution in [2.45, 2.75) is 6.10 Å². The Morgan fingerprint density at radius 3 is 2.63 bits per heavy atom. The summed E-state index contributed by atoms with van der Waals surface area (Å²) in [7, 11) is 0.